The van der Waals surface area contributed by atoms with Gasteiger partial charge in [0.15, 0.2) is 0 Å². The van der Waals surface area contributed by atoms with Gasteiger partial charge in [-0.05, 0) is 39.8 Å². The lowest BCUT2D eigenvalue weighted by molar-refractivity contribution is 0.252. The Hall–Kier alpha value is 0.860. The van der Waals surface area contributed by atoms with Gasteiger partial charge in [0.1, 0.15) is 0 Å². The molecule has 0 spiro atoms. The molecule has 2 atom stereocenters. The highest BCUT2D eigenvalue weighted by atomic mass is 127. The molecule has 0 aromatic heterocycles. The zero-order chi connectivity index (χ0) is 28.4. The minimum Gasteiger partial charge on any atom is -0.312 e. The number of hydrogen-bond acceptors (Lipinski definition) is 2. The largest absolute Gasteiger partial charge is 0.312 e. The number of halogens is 2. The zero-order valence-corrected chi connectivity index (χ0v) is 30.5. The Kier molecular flexibility index (Phi) is 19.3. The van der Waals surface area contributed by atoms with Crippen LogP contribution in [0.25, 0.3) is 0 Å². The average molecular weight is 755 g/mol. The molecular weight excluding hydrogens is 690 g/mol. The van der Waals surface area contributed by atoms with Gasteiger partial charge in [-0.25, -0.2) is 0 Å². The fraction of sp³-hybridized carbons (Fsp3) is 0.882. The van der Waals surface area contributed by atoms with Crippen LogP contribution in [0, 0.1) is 0 Å². The predicted molar refractivity (Wildman–Crippen MR) is 190 cm³/mol. The van der Waals surface area contributed by atoms with Crippen LogP contribution >= 0.6 is 45.2 Å². The van der Waals surface area contributed by atoms with E-state index in [0.29, 0.717) is 0 Å². The minimum absolute atomic E-state index is 0.0111. The first-order valence-electron chi connectivity index (χ1n) is 16.4. The van der Waals surface area contributed by atoms with Gasteiger partial charge in [-0.3, -0.25) is 0 Å². The van der Waals surface area contributed by atoms with Crippen LogP contribution in [-0.2, 0) is 0 Å². The SMILES string of the molecule is CCCCCCCCC(CCCC)(NC)C1(I)C=CC(I)(C(CCCC)(CCCCCCCC)NC)C=C1. The topological polar surface area (TPSA) is 24.1 Å². The van der Waals surface area contributed by atoms with Crippen molar-refractivity contribution < 1.29 is 0 Å². The van der Waals surface area contributed by atoms with Gasteiger partial charge in [-0.15, -0.1) is 0 Å². The van der Waals surface area contributed by atoms with Crippen molar-refractivity contribution in [3.05, 3.63) is 24.3 Å². The van der Waals surface area contributed by atoms with Crippen LogP contribution in [-0.4, -0.2) is 32.0 Å². The molecule has 2 nitrogen and oxygen atoms in total. The molecule has 0 fully saturated rings. The molecule has 0 aliphatic heterocycles. The van der Waals surface area contributed by atoms with Gasteiger partial charge in [0.25, 0.3) is 0 Å². The molecule has 2 N–H and O–H groups in total. The molecule has 0 aromatic rings. The third-order valence-electron chi connectivity index (χ3n) is 9.39. The van der Waals surface area contributed by atoms with E-state index in [1.807, 2.05) is 0 Å². The fourth-order valence-corrected chi connectivity index (χ4v) is 8.84. The molecule has 4 heteroatoms. The van der Waals surface area contributed by atoms with E-state index in [1.54, 1.807) is 0 Å². The monoisotopic (exact) mass is 754 g/mol. The molecule has 1 aliphatic carbocycles. The van der Waals surface area contributed by atoms with E-state index in [2.05, 4.69) is 122 Å². The Balaban J connectivity index is 3.13. The Bertz CT molecular complexity index is 593. The van der Waals surface area contributed by atoms with Gasteiger partial charge in [-0.1, -0.05) is 200 Å². The first kappa shape index (κ1) is 36.9. The van der Waals surface area contributed by atoms with Crippen molar-refractivity contribution in [2.45, 2.75) is 174 Å². The third kappa shape index (κ3) is 10.6. The van der Waals surface area contributed by atoms with Gasteiger partial charge in [-0.2, -0.15) is 0 Å². The van der Waals surface area contributed by atoms with E-state index in [1.165, 1.54) is 128 Å². The molecule has 0 radical (unpaired) electrons. The van der Waals surface area contributed by atoms with E-state index in [-0.39, 0.29) is 17.9 Å². The van der Waals surface area contributed by atoms with E-state index in [4.69, 9.17) is 0 Å². The van der Waals surface area contributed by atoms with Crippen LogP contribution < -0.4 is 10.6 Å². The molecule has 38 heavy (non-hydrogen) atoms. The highest BCUT2D eigenvalue weighted by molar-refractivity contribution is 14.1. The lowest BCUT2D eigenvalue weighted by atomic mass is 9.69. The maximum absolute atomic E-state index is 3.91. The third-order valence-corrected chi connectivity index (χ3v) is 12.9. The standard InChI is InChI=1S/C34H64I2N2/c1-7-11-15-17-19-21-25-33(37-5,23-13-9-3)31(35)27-29-32(36,30-28-31)34(38-6,24-14-10-4)26-22-20-18-16-12-8-2/h27-30,37-38H,7-26H2,1-6H3. The van der Waals surface area contributed by atoms with Crippen molar-refractivity contribution in [1.82, 2.24) is 10.6 Å². The van der Waals surface area contributed by atoms with E-state index < -0.39 is 0 Å². The van der Waals surface area contributed by atoms with E-state index >= 15 is 0 Å². The van der Waals surface area contributed by atoms with Gasteiger partial charge >= 0.3 is 0 Å². The first-order valence-corrected chi connectivity index (χ1v) is 18.6. The van der Waals surface area contributed by atoms with Gasteiger partial charge in [0, 0.05) is 11.1 Å². The Labute approximate surface area is 266 Å². The first-order chi connectivity index (χ1) is 18.3. The molecule has 0 heterocycles. The summed E-state index contributed by atoms with van der Waals surface area (Å²) in [7, 11) is 4.44. The number of hydrogen-bond donors (Lipinski definition) is 2. The van der Waals surface area contributed by atoms with Crippen molar-refractivity contribution >= 4 is 45.2 Å². The molecule has 0 saturated heterocycles. The van der Waals surface area contributed by atoms with Gasteiger partial charge in [0.2, 0.25) is 0 Å². The van der Waals surface area contributed by atoms with Crippen molar-refractivity contribution in [2.75, 3.05) is 14.1 Å². The Morgan fingerprint density at radius 1 is 0.447 bits per heavy atom. The van der Waals surface area contributed by atoms with Crippen LogP contribution in [0.4, 0.5) is 0 Å². The summed E-state index contributed by atoms with van der Waals surface area (Å²) in [5.74, 6) is 0. The van der Waals surface area contributed by atoms with E-state index in [9.17, 15) is 0 Å². The van der Waals surface area contributed by atoms with Crippen molar-refractivity contribution in [3.63, 3.8) is 0 Å². The van der Waals surface area contributed by atoms with Crippen molar-refractivity contribution in [3.8, 4) is 0 Å². The van der Waals surface area contributed by atoms with Crippen molar-refractivity contribution in [1.29, 1.82) is 0 Å². The molecule has 0 amide bonds. The van der Waals surface area contributed by atoms with Gasteiger partial charge < -0.3 is 10.6 Å². The number of nitrogens with one attached hydrogen (secondary N) is 2. The van der Waals surface area contributed by atoms with Crippen LogP contribution in [0.3, 0.4) is 0 Å². The summed E-state index contributed by atoms with van der Waals surface area (Å²) in [4.78, 5) is 0. The van der Waals surface area contributed by atoms with E-state index in [0.717, 1.165) is 0 Å². The molecule has 1 aliphatic rings. The lowest BCUT2D eigenvalue weighted by Gasteiger charge is -2.51. The average Bonchev–Trinajstić information content (AvgIpc) is 2.93. The molecule has 2 unspecified atom stereocenters. The summed E-state index contributed by atoms with van der Waals surface area (Å²) in [6.07, 6.45) is 36.9. The summed E-state index contributed by atoms with van der Waals surface area (Å²) in [5.41, 5.74) is 0.231. The van der Waals surface area contributed by atoms with Crippen LogP contribution in [0.2, 0.25) is 0 Å². The summed E-state index contributed by atoms with van der Waals surface area (Å²) in [5, 5.41) is 7.82. The molecule has 0 bridgehead atoms. The van der Waals surface area contributed by atoms with Gasteiger partial charge in [0.05, 0.1) is 6.84 Å². The smallest absolute Gasteiger partial charge is 0.0763 e. The Morgan fingerprint density at radius 3 is 1.00 bits per heavy atom. The maximum Gasteiger partial charge on any atom is 0.0763 e. The predicted octanol–water partition coefficient (Wildman–Crippen LogP) is 11.3. The number of rotatable bonds is 24. The summed E-state index contributed by atoms with van der Waals surface area (Å²) in [6, 6.07) is 0. The quantitative estimate of drug-likeness (QED) is 0.0444. The fourth-order valence-electron chi connectivity index (χ4n) is 6.51. The number of unbranched alkanes of at least 4 members (excludes halogenated alkanes) is 12. The molecular formula is C34H64I2N2. The highest BCUT2D eigenvalue weighted by Gasteiger charge is 2.51. The van der Waals surface area contributed by atoms with Crippen LogP contribution in [0.15, 0.2) is 24.3 Å². The molecule has 224 valence electrons. The minimum atomic E-state index is 0.0111. The summed E-state index contributed by atoms with van der Waals surface area (Å²) < 4.78 is 0.0221. The highest BCUT2D eigenvalue weighted by Crippen LogP contribution is 2.50. The summed E-state index contributed by atoms with van der Waals surface area (Å²) >= 11 is 5.58. The zero-order valence-electron chi connectivity index (χ0n) is 26.2. The normalized spacial score (nSPS) is 24.4. The molecule has 1 rings (SSSR count). The van der Waals surface area contributed by atoms with Crippen LogP contribution in [0.5, 0.6) is 0 Å². The number of alkyl halides is 2. The van der Waals surface area contributed by atoms with Crippen LogP contribution in [0.1, 0.15) is 156 Å². The second-order valence-corrected chi connectivity index (χ2v) is 15.7. The Morgan fingerprint density at radius 2 is 0.711 bits per heavy atom. The maximum atomic E-state index is 3.91. The second kappa shape index (κ2) is 19.9. The second-order valence-electron chi connectivity index (χ2n) is 12.1. The summed E-state index contributed by atoms with van der Waals surface area (Å²) in [6.45, 7) is 9.30. The lowest BCUT2D eigenvalue weighted by Crippen LogP contribution is -2.61. The molecule has 0 aromatic carbocycles. The van der Waals surface area contributed by atoms with Crippen molar-refractivity contribution in [2.24, 2.45) is 0 Å². The molecule has 0 saturated carbocycles.